The lowest BCUT2D eigenvalue weighted by atomic mass is 10.0. The Morgan fingerprint density at radius 3 is 2.46 bits per heavy atom. The minimum atomic E-state index is -0.0984. The van der Waals surface area contributed by atoms with Crippen LogP contribution in [-0.2, 0) is 0 Å². The highest BCUT2D eigenvalue weighted by molar-refractivity contribution is 5.99. The van der Waals surface area contributed by atoms with Gasteiger partial charge in [-0.05, 0) is 57.8 Å². The summed E-state index contributed by atoms with van der Waals surface area (Å²) < 4.78 is 0. The number of benzene rings is 1. The Hall–Kier alpha value is -2.28. The fourth-order valence-corrected chi connectivity index (χ4v) is 4.03. The minimum Gasteiger partial charge on any atom is -0.371 e. The van der Waals surface area contributed by atoms with Crippen molar-refractivity contribution in [3.8, 4) is 0 Å². The molecule has 154 valence electrons. The summed E-state index contributed by atoms with van der Waals surface area (Å²) in [5.41, 5.74) is 1.72. The van der Waals surface area contributed by atoms with E-state index in [4.69, 9.17) is 0 Å². The topological polar surface area (TPSA) is 76.7 Å². The Morgan fingerprint density at radius 2 is 1.75 bits per heavy atom. The molecule has 3 amide bonds. The molecule has 1 aromatic carbocycles. The Labute approximate surface area is 167 Å². The van der Waals surface area contributed by atoms with Crippen molar-refractivity contribution in [2.75, 3.05) is 50.7 Å². The molecule has 0 saturated carbocycles. The highest BCUT2D eigenvalue weighted by Crippen LogP contribution is 2.24. The maximum Gasteiger partial charge on any atom is 0.314 e. The molecule has 2 saturated heterocycles. The van der Waals surface area contributed by atoms with E-state index in [1.165, 1.54) is 12.8 Å². The number of likely N-dealkylation sites (tertiary alicyclic amines) is 1. The molecule has 0 unspecified atom stereocenters. The van der Waals surface area contributed by atoms with Crippen LogP contribution in [0.5, 0.6) is 0 Å². The highest BCUT2D eigenvalue weighted by atomic mass is 16.2. The van der Waals surface area contributed by atoms with Crippen LogP contribution in [0, 0.1) is 0 Å². The zero-order valence-corrected chi connectivity index (χ0v) is 16.9. The van der Waals surface area contributed by atoms with Crippen molar-refractivity contribution in [3.63, 3.8) is 0 Å². The van der Waals surface area contributed by atoms with Crippen LogP contribution in [-0.4, -0.2) is 68.7 Å². The molecule has 0 radical (unpaired) electrons. The lowest BCUT2D eigenvalue weighted by molar-refractivity contribution is 0.0950. The van der Waals surface area contributed by atoms with Crippen LogP contribution in [0.4, 0.5) is 10.5 Å². The smallest absolute Gasteiger partial charge is 0.314 e. The summed E-state index contributed by atoms with van der Waals surface area (Å²) in [6.45, 7) is 8.10. The molecule has 3 rings (SSSR count). The second kappa shape index (κ2) is 10.3. The van der Waals surface area contributed by atoms with Crippen LogP contribution in [0.1, 0.15) is 43.0 Å². The normalized spacial score (nSPS) is 18.1. The van der Waals surface area contributed by atoms with Gasteiger partial charge in [0.2, 0.25) is 0 Å². The monoisotopic (exact) mass is 387 g/mol. The number of hydrogen-bond donors (Lipinski definition) is 3. The van der Waals surface area contributed by atoms with Crippen LogP contribution < -0.4 is 20.9 Å². The van der Waals surface area contributed by atoms with Gasteiger partial charge in [-0.2, -0.15) is 0 Å². The minimum absolute atomic E-state index is 0.00244. The molecular weight excluding hydrogens is 354 g/mol. The first-order chi connectivity index (χ1) is 13.7. The average Bonchev–Trinajstić information content (AvgIpc) is 3.22. The van der Waals surface area contributed by atoms with Gasteiger partial charge in [0.05, 0.1) is 5.56 Å². The summed E-state index contributed by atoms with van der Waals surface area (Å²) in [5.74, 6) is -0.00244. The maximum absolute atomic E-state index is 12.7. The number of hydrogen-bond acceptors (Lipinski definition) is 4. The number of carbonyl (C=O) groups is 2. The van der Waals surface area contributed by atoms with E-state index < -0.39 is 0 Å². The molecule has 2 heterocycles. The van der Waals surface area contributed by atoms with Crippen molar-refractivity contribution in [2.24, 2.45) is 0 Å². The Morgan fingerprint density at radius 1 is 1.04 bits per heavy atom. The van der Waals surface area contributed by atoms with E-state index in [9.17, 15) is 9.59 Å². The van der Waals surface area contributed by atoms with Gasteiger partial charge in [-0.1, -0.05) is 12.1 Å². The van der Waals surface area contributed by atoms with Crippen LogP contribution in [0.25, 0.3) is 0 Å². The predicted octanol–water partition coefficient (Wildman–Crippen LogP) is 1.80. The summed E-state index contributed by atoms with van der Waals surface area (Å²) in [6.07, 6.45) is 4.29. The van der Waals surface area contributed by atoms with Gasteiger partial charge in [0.15, 0.2) is 0 Å². The maximum atomic E-state index is 12.7. The van der Waals surface area contributed by atoms with E-state index in [-0.39, 0.29) is 18.0 Å². The largest absolute Gasteiger partial charge is 0.371 e. The average molecular weight is 388 g/mol. The van der Waals surface area contributed by atoms with E-state index in [1.54, 1.807) is 0 Å². The zero-order chi connectivity index (χ0) is 19.8. The van der Waals surface area contributed by atoms with Gasteiger partial charge < -0.3 is 25.8 Å². The van der Waals surface area contributed by atoms with Crippen LogP contribution >= 0.6 is 0 Å². The van der Waals surface area contributed by atoms with E-state index in [0.717, 1.165) is 56.8 Å². The van der Waals surface area contributed by atoms with Crippen molar-refractivity contribution in [1.29, 1.82) is 0 Å². The molecule has 28 heavy (non-hydrogen) atoms. The molecule has 2 fully saturated rings. The molecule has 2 aliphatic rings. The van der Waals surface area contributed by atoms with Crippen molar-refractivity contribution in [2.45, 2.75) is 38.6 Å². The van der Waals surface area contributed by atoms with Crippen LogP contribution in [0.2, 0.25) is 0 Å². The van der Waals surface area contributed by atoms with Crippen molar-refractivity contribution in [3.05, 3.63) is 29.8 Å². The molecule has 0 spiro atoms. The van der Waals surface area contributed by atoms with Crippen LogP contribution in [0.15, 0.2) is 24.3 Å². The molecular formula is C21H33N5O2. The second-order valence-corrected chi connectivity index (χ2v) is 7.59. The quantitative estimate of drug-likeness (QED) is 0.667. The number of para-hydroxylation sites is 1. The molecule has 0 aliphatic carbocycles. The first kappa shape index (κ1) is 20.5. The zero-order valence-electron chi connectivity index (χ0n) is 16.9. The fraction of sp³-hybridized carbons (Fsp3) is 0.619. The number of amides is 3. The van der Waals surface area contributed by atoms with Crippen LogP contribution in [0.3, 0.4) is 0 Å². The van der Waals surface area contributed by atoms with Gasteiger partial charge in [-0.3, -0.25) is 4.79 Å². The number of rotatable bonds is 7. The summed E-state index contributed by atoms with van der Waals surface area (Å²) in [5, 5.41) is 8.88. The molecule has 0 bridgehead atoms. The van der Waals surface area contributed by atoms with Gasteiger partial charge in [-0.15, -0.1) is 0 Å². The Bertz CT molecular complexity index is 652. The number of nitrogens with one attached hydrogen (secondary N) is 3. The van der Waals surface area contributed by atoms with E-state index in [1.807, 2.05) is 31.2 Å². The van der Waals surface area contributed by atoms with Gasteiger partial charge in [0.1, 0.15) is 0 Å². The summed E-state index contributed by atoms with van der Waals surface area (Å²) >= 11 is 0. The Balaban J connectivity index is 1.52. The lowest BCUT2D eigenvalue weighted by Gasteiger charge is -2.34. The summed E-state index contributed by atoms with van der Waals surface area (Å²) in [6, 6.07) is 7.91. The van der Waals surface area contributed by atoms with Gasteiger partial charge >= 0.3 is 6.03 Å². The van der Waals surface area contributed by atoms with E-state index in [0.29, 0.717) is 13.1 Å². The SMILES string of the molecule is CCNC(=O)NC1CCN(c2ccccc2C(=O)NCCN2CCCC2)CC1. The molecule has 0 atom stereocenters. The standard InChI is InChI=1S/C21H33N5O2/c1-2-22-21(28)24-17-9-14-26(15-10-17)19-8-4-3-7-18(19)20(27)23-11-16-25-12-5-6-13-25/h3-4,7-8,17H,2,5-6,9-16H2,1H3,(H,23,27)(H2,22,24,28). The van der Waals surface area contributed by atoms with Crippen molar-refractivity contribution >= 4 is 17.6 Å². The summed E-state index contributed by atoms with van der Waals surface area (Å²) in [4.78, 5) is 29.1. The third kappa shape index (κ3) is 5.61. The van der Waals surface area contributed by atoms with Gasteiger partial charge in [0.25, 0.3) is 5.91 Å². The van der Waals surface area contributed by atoms with E-state index in [2.05, 4.69) is 25.8 Å². The number of anilines is 1. The fourth-order valence-electron chi connectivity index (χ4n) is 4.03. The molecule has 7 heteroatoms. The Kier molecular flexibility index (Phi) is 7.54. The predicted molar refractivity (Wildman–Crippen MR) is 112 cm³/mol. The molecule has 3 N–H and O–H groups in total. The van der Waals surface area contributed by atoms with Gasteiger partial charge in [-0.25, -0.2) is 4.79 Å². The van der Waals surface area contributed by atoms with Gasteiger partial charge in [0, 0.05) is 44.5 Å². The summed E-state index contributed by atoms with van der Waals surface area (Å²) in [7, 11) is 0. The third-order valence-electron chi connectivity index (χ3n) is 5.57. The molecule has 0 aromatic heterocycles. The molecule has 2 aliphatic heterocycles. The first-order valence-corrected chi connectivity index (χ1v) is 10.6. The van der Waals surface area contributed by atoms with Crippen molar-refractivity contribution in [1.82, 2.24) is 20.9 Å². The second-order valence-electron chi connectivity index (χ2n) is 7.59. The lowest BCUT2D eigenvalue weighted by Crippen LogP contribution is -2.48. The number of nitrogens with zero attached hydrogens (tertiary/aromatic N) is 2. The number of urea groups is 1. The number of piperidine rings is 1. The number of carbonyl (C=O) groups excluding carboxylic acids is 2. The van der Waals surface area contributed by atoms with Crippen molar-refractivity contribution < 1.29 is 9.59 Å². The van der Waals surface area contributed by atoms with E-state index >= 15 is 0 Å². The third-order valence-corrected chi connectivity index (χ3v) is 5.57. The molecule has 1 aromatic rings. The first-order valence-electron chi connectivity index (χ1n) is 10.6. The highest BCUT2D eigenvalue weighted by Gasteiger charge is 2.23. The molecule has 7 nitrogen and oxygen atoms in total.